The summed E-state index contributed by atoms with van der Waals surface area (Å²) in [7, 11) is -3.72. The molecular formula is C18H25N5O5S. The maximum Gasteiger partial charge on any atom is 0.248 e. The number of aromatic nitrogens is 3. The Morgan fingerprint density at radius 3 is 2.59 bits per heavy atom. The highest BCUT2D eigenvalue weighted by Crippen LogP contribution is 2.38. The second-order valence-corrected chi connectivity index (χ2v) is 9.62. The number of hydrogen-bond acceptors (Lipinski definition) is 8. The number of rotatable bonds is 7. The van der Waals surface area contributed by atoms with Gasteiger partial charge in [-0.15, -0.1) is 0 Å². The fourth-order valence-corrected chi connectivity index (χ4v) is 5.62. The topological polar surface area (TPSA) is 123 Å². The van der Waals surface area contributed by atoms with E-state index in [1.165, 1.54) is 11.2 Å². The summed E-state index contributed by atoms with van der Waals surface area (Å²) in [5.74, 6) is 1.82. The first-order valence-corrected chi connectivity index (χ1v) is 11.2. The van der Waals surface area contributed by atoms with E-state index in [0.29, 0.717) is 49.3 Å². The molecule has 1 aliphatic carbocycles. The van der Waals surface area contributed by atoms with Gasteiger partial charge in [-0.1, -0.05) is 10.3 Å². The van der Waals surface area contributed by atoms with Crippen molar-refractivity contribution in [3.05, 3.63) is 23.2 Å². The Morgan fingerprint density at radius 2 is 1.97 bits per heavy atom. The van der Waals surface area contributed by atoms with Crippen LogP contribution in [-0.2, 0) is 21.2 Å². The summed E-state index contributed by atoms with van der Waals surface area (Å²) in [6, 6.07) is -0.197. The van der Waals surface area contributed by atoms with Crippen LogP contribution in [0, 0.1) is 13.8 Å². The van der Waals surface area contributed by atoms with Gasteiger partial charge in [0, 0.05) is 44.9 Å². The highest BCUT2D eigenvalue weighted by molar-refractivity contribution is 7.89. The van der Waals surface area contributed by atoms with Crippen LogP contribution in [0.5, 0.6) is 0 Å². The molecule has 1 saturated heterocycles. The van der Waals surface area contributed by atoms with E-state index in [1.54, 1.807) is 18.7 Å². The summed E-state index contributed by atoms with van der Waals surface area (Å²) in [4.78, 5) is 18.5. The van der Waals surface area contributed by atoms with Crippen LogP contribution in [0.25, 0.3) is 0 Å². The maximum atomic E-state index is 13.0. The minimum Gasteiger partial charge on any atom is -0.360 e. The van der Waals surface area contributed by atoms with Crippen molar-refractivity contribution >= 4 is 15.9 Å². The molecule has 1 atom stereocenters. The largest absolute Gasteiger partial charge is 0.360 e. The van der Waals surface area contributed by atoms with Gasteiger partial charge < -0.3 is 13.9 Å². The molecule has 158 valence electrons. The summed E-state index contributed by atoms with van der Waals surface area (Å²) in [5.41, 5.74) is 0.345. The third kappa shape index (κ3) is 3.93. The molecular weight excluding hydrogens is 398 g/mol. The van der Waals surface area contributed by atoms with Gasteiger partial charge in [0.25, 0.3) is 0 Å². The van der Waals surface area contributed by atoms with Crippen molar-refractivity contribution in [2.45, 2.75) is 63.3 Å². The summed E-state index contributed by atoms with van der Waals surface area (Å²) in [5, 5.41) is 7.74. The fourth-order valence-electron chi connectivity index (χ4n) is 3.84. The van der Waals surface area contributed by atoms with Crippen molar-refractivity contribution in [3.63, 3.8) is 0 Å². The number of nitrogens with zero attached hydrogens (tertiary/aromatic N) is 5. The van der Waals surface area contributed by atoms with Crippen molar-refractivity contribution < 1.29 is 22.3 Å². The van der Waals surface area contributed by atoms with Crippen molar-refractivity contribution in [1.82, 2.24) is 24.5 Å². The van der Waals surface area contributed by atoms with Crippen molar-refractivity contribution in [2.75, 3.05) is 19.6 Å². The predicted molar refractivity (Wildman–Crippen MR) is 101 cm³/mol. The van der Waals surface area contributed by atoms with E-state index in [0.717, 1.165) is 12.8 Å². The van der Waals surface area contributed by atoms with E-state index < -0.39 is 10.0 Å². The molecule has 2 aliphatic rings. The van der Waals surface area contributed by atoms with E-state index in [-0.39, 0.29) is 29.1 Å². The molecule has 2 fully saturated rings. The van der Waals surface area contributed by atoms with Crippen LogP contribution in [0.3, 0.4) is 0 Å². The Balaban J connectivity index is 1.43. The van der Waals surface area contributed by atoms with Gasteiger partial charge in [-0.05, 0) is 33.1 Å². The molecule has 10 nitrogen and oxygen atoms in total. The molecule has 11 heteroatoms. The monoisotopic (exact) mass is 423 g/mol. The SMILES string of the molecule is CC(=O)N(CCc1noc(C2CC2)n1)C1CCN(S(=O)(=O)c2c(C)noc2C)C1. The van der Waals surface area contributed by atoms with E-state index in [9.17, 15) is 13.2 Å². The molecule has 0 radical (unpaired) electrons. The van der Waals surface area contributed by atoms with E-state index in [4.69, 9.17) is 9.05 Å². The van der Waals surface area contributed by atoms with Gasteiger partial charge in [0.05, 0.1) is 0 Å². The van der Waals surface area contributed by atoms with Crippen LogP contribution >= 0.6 is 0 Å². The van der Waals surface area contributed by atoms with Gasteiger partial charge >= 0.3 is 0 Å². The van der Waals surface area contributed by atoms with Crippen LogP contribution in [0.1, 0.15) is 55.3 Å². The minimum absolute atomic E-state index is 0.0995. The average molecular weight is 423 g/mol. The quantitative estimate of drug-likeness (QED) is 0.655. The number of carbonyl (C=O) groups excluding carboxylic acids is 1. The molecule has 2 aromatic heterocycles. The number of amides is 1. The lowest BCUT2D eigenvalue weighted by molar-refractivity contribution is -0.130. The summed E-state index contributed by atoms with van der Waals surface area (Å²) < 4.78 is 37.7. The normalized spacial score (nSPS) is 20.3. The third-order valence-electron chi connectivity index (χ3n) is 5.52. The van der Waals surface area contributed by atoms with Gasteiger partial charge in [0.1, 0.15) is 10.6 Å². The summed E-state index contributed by atoms with van der Waals surface area (Å²) in [6.45, 7) is 5.70. The molecule has 0 bridgehead atoms. The predicted octanol–water partition coefficient (Wildman–Crippen LogP) is 1.41. The molecule has 1 saturated carbocycles. The Morgan fingerprint density at radius 1 is 1.21 bits per heavy atom. The Bertz CT molecular complexity index is 990. The maximum absolute atomic E-state index is 13.0. The van der Waals surface area contributed by atoms with E-state index in [2.05, 4.69) is 15.3 Å². The zero-order chi connectivity index (χ0) is 20.8. The molecule has 0 aromatic carbocycles. The minimum atomic E-state index is -3.72. The lowest BCUT2D eigenvalue weighted by atomic mass is 10.2. The standard InChI is InChI=1S/C18H25N5O5S/c1-11-17(12(2)27-20-11)29(25,26)22-8-6-15(10-22)23(13(3)24)9-7-16-19-18(28-21-16)14-4-5-14/h14-15H,4-10H2,1-3H3. The molecule has 1 amide bonds. The first kappa shape index (κ1) is 20.0. The smallest absolute Gasteiger partial charge is 0.248 e. The van der Waals surface area contributed by atoms with Gasteiger partial charge in [-0.2, -0.15) is 9.29 Å². The summed E-state index contributed by atoms with van der Waals surface area (Å²) >= 11 is 0. The zero-order valence-electron chi connectivity index (χ0n) is 16.8. The average Bonchev–Trinajstić information content (AvgIpc) is 3.04. The van der Waals surface area contributed by atoms with Crippen LogP contribution in [0.15, 0.2) is 13.9 Å². The van der Waals surface area contributed by atoms with Gasteiger partial charge in [-0.25, -0.2) is 8.42 Å². The van der Waals surface area contributed by atoms with Crippen LogP contribution < -0.4 is 0 Å². The lowest BCUT2D eigenvalue weighted by Gasteiger charge is -2.27. The highest BCUT2D eigenvalue weighted by Gasteiger charge is 2.39. The van der Waals surface area contributed by atoms with Crippen molar-refractivity contribution in [2.24, 2.45) is 0 Å². The number of carbonyl (C=O) groups is 1. The van der Waals surface area contributed by atoms with Crippen molar-refractivity contribution in [1.29, 1.82) is 0 Å². The Labute approximate surface area is 169 Å². The van der Waals surface area contributed by atoms with Crippen LogP contribution in [0.2, 0.25) is 0 Å². The molecule has 1 unspecified atom stereocenters. The molecule has 2 aromatic rings. The van der Waals surface area contributed by atoms with E-state index >= 15 is 0 Å². The third-order valence-corrected chi connectivity index (χ3v) is 7.63. The van der Waals surface area contributed by atoms with Gasteiger partial charge in [-0.3, -0.25) is 4.79 Å². The molecule has 1 aliphatic heterocycles. The molecule has 0 spiro atoms. The lowest BCUT2D eigenvalue weighted by Crippen LogP contribution is -2.42. The van der Waals surface area contributed by atoms with Gasteiger partial charge in [0.15, 0.2) is 11.6 Å². The number of hydrogen-bond donors (Lipinski definition) is 0. The van der Waals surface area contributed by atoms with Gasteiger partial charge in [0.2, 0.25) is 21.8 Å². The molecule has 29 heavy (non-hydrogen) atoms. The Kier molecular flexibility index (Phi) is 5.19. The number of sulfonamides is 1. The first-order valence-electron chi connectivity index (χ1n) is 9.80. The second-order valence-electron chi connectivity index (χ2n) is 7.74. The molecule has 3 heterocycles. The molecule has 0 N–H and O–H groups in total. The number of aryl methyl sites for hydroxylation is 2. The van der Waals surface area contributed by atoms with Crippen LogP contribution in [-0.4, -0.2) is 64.5 Å². The summed E-state index contributed by atoms with van der Waals surface area (Å²) in [6.07, 6.45) is 3.21. The van der Waals surface area contributed by atoms with Crippen molar-refractivity contribution in [3.8, 4) is 0 Å². The highest BCUT2D eigenvalue weighted by atomic mass is 32.2. The first-order chi connectivity index (χ1) is 13.8. The molecule has 4 rings (SSSR count). The fraction of sp³-hybridized carbons (Fsp3) is 0.667. The second kappa shape index (κ2) is 7.52. The Hall–Kier alpha value is -2.27. The van der Waals surface area contributed by atoms with Crippen LogP contribution in [0.4, 0.5) is 0 Å². The zero-order valence-corrected chi connectivity index (χ0v) is 17.6. The van der Waals surface area contributed by atoms with E-state index in [1.807, 2.05) is 0 Å².